The molecule has 2 N–H and O–H groups in total. The molecule has 0 aliphatic carbocycles. The number of nitrogens with two attached hydrogens (primary N) is 1. The predicted molar refractivity (Wildman–Crippen MR) is 143 cm³/mol. The highest BCUT2D eigenvalue weighted by Crippen LogP contribution is 2.31. The van der Waals surface area contributed by atoms with Gasteiger partial charge in [-0.05, 0) is 42.0 Å². The lowest BCUT2D eigenvalue weighted by molar-refractivity contribution is 0.0534. The van der Waals surface area contributed by atoms with Crippen molar-refractivity contribution < 1.29 is 9.18 Å². The minimum atomic E-state index is -1.42. The topological polar surface area (TPSA) is 81.2 Å². The fraction of sp³-hybridized carbons (Fsp3) is 0.321. The van der Waals surface area contributed by atoms with Crippen LogP contribution in [0.3, 0.4) is 0 Å². The van der Waals surface area contributed by atoms with E-state index >= 15 is 0 Å². The van der Waals surface area contributed by atoms with Crippen molar-refractivity contribution in [3.05, 3.63) is 98.9 Å². The van der Waals surface area contributed by atoms with Gasteiger partial charge in [0.15, 0.2) is 0 Å². The van der Waals surface area contributed by atoms with Crippen molar-refractivity contribution in [1.29, 1.82) is 0 Å². The van der Waals surface area contributed by atoms with Gasteiger partial charge in [-0.2, -0.15) is 0 Å². The monoisotopic (exact) mass is 506 g/mol. The van der Waals surface area contributed by atoms with Crippen LogP contribution < -0.4 is 11.3 Å². The van der Waals surface area contributed by atoms with Gasteiger partial charge in [0, 0.05) is 12.1 Å². The molecule has 8 heteroatoms. The van der Waals surface area contributed by atoms with Crippen LogP contribution in [0.5, 0.6) is 0 Å². The molecule has 36 heavy (non-hydrogen) atoms. The molecule has 1 amide bonds. The molecule has 0 saturated heterocycles. The molecule has 0 spiro atoms. The number of nitrogens with zero attached hydrogens (tertiary/aromatic N) is 3. The van der Waals surface area contributed by atoms with E-state index in [2.05, 4.69) is 0 Å². The first-order valence-corrected chi connectivity index (χ1v) is 12.9. The van der Waals surface area contributed by atoms with Crippen molar-refractivity contribution >= 4 is 27.5 Å². The number of carbonyl (C=O) groups excluding carboxylic acids is 1. The molecule has 0 saturated carbocycles. The number of amides is 1. The van der Waals surface area contributed by atoms with Crippen molar-refractivity contribution in [2.75, 3.05) is 13.1 Å². The summed E-state index contributed by atoms with van der Waals surface area (Å²) < 4.78 is 16.4. The van der Waals surface area contributed by atoms with E-state index < -0.39 is 12.2 Å². The molecule has 188 valence electrons. The minimum absolute atomic E-state index is 0.157. The lowest BCUT2D eigenvalue weighted by atomic mass is 9.98. The zero-order chi connectivity index (χ0) is 25.8. The van der Waals surface area contributed by atoms with E-state index in [9.17, 15) is 14.0 Å². The zero-order valence-electron chi connectivity index (χ0n) is 20.7. The molecule has 0 bridgehead atoms. The molecule has 2 aromatic carbocycles. The Kier molecular flexibility index (Phi) is 7.96. The predicted octanol–water partition coefficient (Wildman–Crippen LogP) is 4.95. The van der Waals surface area contributed by atoms with Gasteiger partial charge in [0.2, 0.25) is 0 Å². The van der Waals surface area contributed by atoms with Gasteiger partial charge in [0.25, 0.3) is 11.5 Å². The van der Waals surface area contributed by atoms with Gasteiger partial charge in [0.05, 0.1) is 24.5 Å². The molecule has 0 fully saturated rings. The highest BCUT2D eigenvalue weighted by Gasteiger charge is 2.34. The molecule has 4 aromatic rings. The molecule has 0 aliphatic heterocycles. The van der Waals surface area contributed by atoms with Gasteiger partial charge < -0.3 is 10.6 Å². The number of aromatic nitrogens is 2. The number of alkyl halides is 1. The lowest BCUT2D eigenvalue weighted by Gasteiger charge is -2.36. The van der Waals surface area contributed by atoms with Crippen LogP contribution in [-0.2, 0) is 6.54 Å². The van der Waals surface area contributed by atoms with Crippen LogP contribution in [0.2, 0.25) is 0 Å². The molecule has 2 atom stereocenters. The number of aryl methyl sites for hydroxylation is 1. The van der Waals surface area contributed by atoms with Crippen molar-refractivity contribution in [1.82, 2.24) is 14.5 Å². The Labute approximate surface area is 214 Å². The number of rotatable bonds is 9. The Morgan fingerprint density at radius 3 is 2.44 bits per heavy atom. The summed E-state index contributed by atoms with van der Waals surface area (Å²) in [5.74, 6) is -0.0363. The van der Waals surface area contributed by atoms with Gasteiger partial charge in [-0.1, -0.05) is 61.9 Å². The summed E-state index contributed by atoms with van der Waals surface area (Å²) in [6, 6.07) is 17.9. The molecular formula is C28H31FN4O2S. The number of hydrogen-bond acceptors (Lipinski definition) is 5. The number of halogens is 1. The fourth-order valence-electron chi connectivity index (χ4n) is 4.38. The molecule has 2 aromatic heterocycles. The van der Waals surface area contributed by atoms with Gasteiger partial charge in [-0.3, -0.25) is 14.2 Å². The maximum atomic E-state index is 14.8. The summed E-state index contributed by atoms with van der Waals surface area (Å²) in [5.41, 5.74) is 7.85. The quantitative estimate of drug-likeness (QED) is 0.348. The first-order chi connectivity index (χ1) is 17.3. The number of fused-ring (bicyclic) bond motifs is 1. The van der Waals surface area contributed by atoms with Crippen molar-refractivity contribution in [2.24, 2.45) is 11.7 Å². The Hall–Kier alpha value is -3.36. The number of hydrogen-bond donors (Lipinski definition) is 1. The van der Waals surface area contributed by atoms with E-state index in [-0.39, 0.29) is 30.5 Å². The number of carbonyl (C=O) groups is 1. The SMILES string of the molecule is Cc1ccc(C(=O)N(C[C@@H](F)CN)[C@@H](c2nc3sccc3c(=O)n2Cc2ccccc2)C(C)C)cc1. The smallest absolute Gasteiger partial charge is 0.262 e. The molecule has 2 heterocycles. The van der Waals surface area contributed by atoms with Gasteiger partial charge in [-0.15, -0.1) is 11.3 Å². The standard InChI is InChI=1S/C28H31FN4O2S/c1-18(2)24(32(17-22(29)15-30)27(34)21-11-9-19(3)10-12-21)25-31-26-23(13-14-36-26)28(35)33(25)16-20-7-5-4-6-8-20/h4-14,18,22,24H,15-17,30H2,1-3H3/t22-,24+/m0/s1. The third-order valence-corrected chi connectivity index (χ3v) is 7.04. The van der Waals surface area contributed by atoms with E-state index in [1.54, 1.807) is 22.8 Å². The van der Waals surface area contributed by atoms with Crippen LogP contribution >= 0.6 is 11.3 Å². The Bertz CT molecular complexity index is 1380. The average molecular weight is 507 g/mol. The first kappa shape index (κ1) is 25.7. The Balaban J connectivity index is 1.90. The van der Waals surface area contributed by atoms with E-state index in [0.717, 1.165) is 11.1 Å². The average Bonchev–Trinajstić information content (AvgIpc) is 3.35. The highest BCUT2D eigenvalue weighted by atomic mass is 32.1. The van der Waals surface area contributed by atoms with Crippen LogP contribution in [0.15, 0.2) is 70.8 Å². The molecular weight excluding hydrogens is 475 g/mol. The summed E-state index contributed by atoms with van der Waals surface area (Å²) in [7, 11) is 0. The van der Waals surface area contributed by atoms with Crippen LogP contribution in [0.4, 0.5) is 4.39 Å². The summed E-state index contributed by atoms with van der Waals surface area (Å²) >= 11 is 1.37. The van der Waals surface area contributed by atoms with Crippen molar-refractivity contribution in [2.45, 2.75) is 39.5 Å². The number of benzene rings is 2. The molecule has 0 radical (unpaired) electrons. The van der Waals surface area contributed by atoms with E-state index in [0.29, 0.717) is 28.1 Å². The van der Waals surface area contributed by atoms with E-state index in [1.807, 2.05) is 68.6 Å². The van der Waals surface area contributed by atoms with E-state index in [1.165, 1.54) is 16.2 Å². The second kappa shape index (κ2) is 11.1. The van der Waals surface area contributed by atoms with Crippen LogP contribution in [0, 0.1) is 12.8 Å². The Morgan fingerprint density at radius 2 is 1.81 bits per heavy atom. The largest absolute Gasteiger partial charge is 0.328 e. The van der Waals surface area contributed by atoms with Crippen LogP contribution in [0.25, 0.3) is 10.2 Å². The summed E-state index contributed by atoms with van der Waals surface area (Å²) in [4.78, 5) is 34.4. The summed E-state index contributed by atoms with van der Waals surface area (Å²) in [5, 5.41) is 2.37. The first-order valence-electron chi connectivity index (χ1n) is 12.0. The third-order valence-electron chi connectivity index (χ3n) is 6.24. The third kappa shape index (κ3) is 5.39. The van der Waals surface area contributed by atoms with E-state index in [4.69, 9.17) is 10.7 Å². The van der Waals surface area contributed by atoms with Crippen molar-refractivity contribution in [3.63, 3.8) is 0 Å². The summed E-state index contributed by atoms with van der Waals surface area (Å²) in [6.07, 6.45) is -1.42. The van der Waals surface area contributed by atoms with Crippen LogP contribution in [-0.4, -0.2) is 39.6 Å². The second-order valence-electron chi connectivity index (χ2n) is 9.33. The highest BCUT2D eigenvalue weighted by molar-refractivity contribution is 7.16. The van der Waals surface area contributed by atoms with Gasteiger partial charge in [-0.25, -0.2) is 9.37 Å². The minimum Gasteiger partial charge on any atom is -0.328 e. The molecule has 0 aliphatic rings. The Morgan fingerprint density at radius 1 is 1.11 bits per heavy atom. The van der Waals surface area contributed by atoms with Crippen LogP contribution in [0.1, 0.15) is 47.2 Å². The van der Waals surface area contributed by atoms with Gasteiger partial charge >= 0.3 is 0 Å². The van der Waals surface area contributed by atoms with Crippen molar-refractivity contribution in [3.8, 4) is 0 Å². The maximum absolute atomic E-state index is 14.8. The molecule has 4 rings (SSSR count). The second-order valence-corrected chi connectivity index (χ2v) is 10.2. The molecule has 6 nitrogen and oxygen atoms in total. The maximum Gasteiger partial charge on any atom is 0.262 e. The summed E-state index contributed by atoms with van der Waals surface area (Å²) in [6.45, 7) is 5.73. The lowest BCUT2D eigenvalue weighted by Crippen LogP contribution is -2.45. The van der Waals surface area contributed by atoms with Gasteiger partial charge in [0.1, 0.15) is 16.8 Å². The fourth-order valence-corrected chi connectivity index (χ4v) is 5.14. The zero-order valence-corrected chi connectivity index (χ0v) is 21.5. The molecule has 0 unspecified atom stereocenters. The normalized spacial score (nSPS) is 13.2. The number of thiophene rings is 1.